The highest BCUT2D eigenvalue weighted by Gasteiger charge is 2.11. The first kappa shape index (κ1) is 12.1. The number of anilines is 1. The van der Waals surface area contributed by atoms with Gasteiger partial charge in [0, 0.05) is 5.69 Å². The van der Waals surface area contributed by atoms with Crippen molar-refractivity contribution in [2.45, 2.75) is 0 Å². The van der Waals surface area contributed by atoms with Crippen LogP contribution in [0.1, 0.15) is 0 Å². The van der Waals surface area contributed by atoms with E-state index in [1.54, 1.807) is 38.5 Å². The molecule has 0 spiro atoms. The van der Waals surface area contributed by atoms with Crippen molar-refractivity contribution in [2.75, 3.05) is 20.0 Å². The third-order valence-corrected chi connectivity index (χ3v) is 2.48. The summed E-state index contributed by atoms with van der Waals surface area (Å²) in [7, 11) is 3.18. The zero-order valence-corrected chi connectivity index (χ0v) is 10.3. The summed E-state index contributed by atoms with van der Waals surface area (Å²) >= 11 is 0. The Balaban J connectivity index is 2.35. The van der Waals surface area contributed by atoms with E-state index in [0.29, 0.717) is 28.7 Å². The topological polar surface area (TPSA) is 53.7 Å². The van der Waals surface area contributed by atoms with Crippen molar-refractivity contribution in [1.29, 1.82) is 0 Å². The maximum Gasteiger partial charge on any atom is 0.210 e. The van der Waals surface area contributed by atoms with Crippen LogP contribution in [0.15, 0.2) is 42.5 Å². The lowest BCUT2D eigenvalue weighted by Gasteiger charge is -2.13. The lowest BCUT2D eigenvalue weighted by molar-refractivity contribution is 0.346. The van der Waals surface area contributed by atoms with Gasteiger partial charge in [-0.2, -0.15) is 0 Å². The molecule has 0 amide bonds. The van der Waals surface area contributed by atoms with E-state index >= 15 is 0 Å². The van der Waals surface area contributed by atoms with Crippen LogP contribution < -0.4 is 19.9 Å². The summed E-state index contributed by atoms with van der Waals surface area (Å²) < 4.78 is 16.3. The molecule has 4 nitrogen and oxygen atoms in total. The average molecular weight is 245 g/mol. The normalized spacial score (nSPS) is 9.89. The molecule has 18 heavy (non-hydrogen) atoms. The van der Waals surface area contributed by atoms with Crippen LogP contribution in [0.5, 0.6) is 23.0 Å². The van der Waals surface area contributed by atoms with E-state index in [9.17, 15) is 0 Å². The van der Waals surface area contributed by atoms with Gasteiger partial charge >= 0.3 is 0 Å². The third-order valence-electron chi connectivity index (χ3n) is 2.48. The Morgan fingerprint density at radius 3 is 1.89 bits per heavy atom. The van der Waals surface area contributed by atoms with Gasteiger partial charge in [0.05, 0.1) is 14.2 Å². The molecular weight excluding hydrogens is 230 g/mol. The molecule has 0 saturated carbocycles. The van der Waals surface area contributed by atoms with E-state index < -0.39 is 0 Å². The number of benzene rings is 2. The Hall–Kier alpha value is -2.36. The van der Waals surface area contributed by atoms with Crippen LogP contribution in [0.25, 0.3) is 0 Å². The van der Waals surface area contributed by atoms with Crippen LogP contribution >= 0.6 is 0 Å². The Labute approximate surface area is 106 Å². The number of methoxy groups -OCH3 is 2. The van der Waals surface area contributed by atoms with Crippen molar-refractivity contribution in [1.82, 2.24) is 0 Å². The third kappa shape index (κ3) is 2.48. The van der Waals surface area contributed by atoms with Gasteiger partial charge in [-0.25, -0.2) is 0 Å². The van der Waals surface area contributed by atoms with Gasteiger partial charge in [-0.05, 0) is 36.4 Å². The SMILES string of the molecule is COc1cccc(OC)c1Oc1ccc(N)cc1. The van der Waals surface area contributed by atoms with Gasteiger partial charge < -0.3 is 19.9 Å². The minimum Gasteiger partial charge on any atom is -0.493 e. The van der Waals surface area contributed by atoms with Gasteiger partial charge in [-0.3, -0.25) is 0 Å². The minimum atomic E-state index is 0.548. The highest BCUT2D eigenvalue weighted by Crippen LogP contribution is 2.39. The quantitative estimate of drug-likeness (QED) is 0.841. The number of nitrogen functional groups attached to an aromatic ring is 1. The second kappa shape index (κ2) is 5.31. The second-order valence-corrected chi connectivity index (χ2v) is 3.66. The predicted molar refractivity (Wildman–Crippen MR) is 70.5 cm³/mol. The molecule has 0 bridgehead atoms. The monoisotopic (exact) mass is 245 g/mol. The predicted octanol–water partition coefficient (Wildman–Crippen LogP) is 3.08. The molecule has 0 saturated heterocycles. The molecule has 0 aliphatic heterocycles. The molecule has 2 rings (SSSR count). The summed E-state index contributed by atoms with van der Waals surface area (Å²) in [5.41, 5.74) is 6.32. The van der Waals surface area contributed by atoms with Gasteiger partial charge in [0.1, 0.15) is 5.75 Å². The van der Waals surface area contributed by atoms with E-state index in [4.69, 9.17) is 19.9 Å². The van der Waals surface area contributed by atoms with Crippen LogP contribution in [0.3, 0.4) is 0 Å². The molecule has 0 aliphatic carbocycles. The summed E-state index contributed by atoms with van der Waals surface area (Å²) in [6, 6.07) is 12.6. The number of rotatable bonds is 4. The van der Waals surface area contributed by atoms with Gasteiger partial charge in [0.25, 0.3) is 0 Å². The first-order chi connectivity index (χ1) is 8.74. The fourth-order valence-electron chi connectivity index (χ4n) is 1.57. The van der Waals surface area contributed by atoms with Crippen LogP contribution in [0, 0.1) is 0 Å². The Bertz CT molecular complexity index is 501. The van der Waals surface area contributed by atoms with Crippen molar-refractivity contribution in [3.63, 3.8) is 0 Å². The molecule has 0 fully saturated rings. The minimum absolute atomic E-state index is 0.548. The van der Waals surface area contributed by atoms with Gasteiger partial charge in [-0.1, -0.05) is 6.07 Å². The van der Waals surface area contributed by atoms with Crippen LogP contribution in [0.2, 0.25) is 0 Å². The second-order valence-electron chi connectivity index (χ2n) is 3.66. The zero-order valence-electron chi connectivity index (χ0n) is 10.3. The lowest BCUT2D eigenvalue weighted by atomic mass is 10.2. The van der Waals surface area contributed by atoms with Crippen LogP contribution in [-0.2, 0) is 0 Å². The number of ether oxygens (including phenoxy) is 3. The summed E-state index contributed by atoms with van der Waals surface area (Å²) in [5.74, 6) is 2.46. The number of hydrogen-bond donors (Lipinski definition) is 1. The smallest absolute Gasteiger partial charge is 0.210 e. The zero-order chi connectivity index (χ0) is 13.0. The van der Waals surface area contributed by atoms with Crippen LogP contribution in [0.4, 0.5) is 5.69 Å². The van der Waals surface area contributed by atoms with Crippen LogP contribution in [-0.4, -0.2) is 14.2 Å². The Kier molecular flexibility index (Phi) is 3.57. The van der Waals surface area contributed by atoms with E-state index in [-0.39, 0.29) is 0 Å². The summed E-state index contributed by atoms with van der Waals surface area (Å²) in [6.45, 7) is 0. The largest absolute Gasteiger partial charge is 0.493 e. The molecule has 2 aromatic rings. The highest BCUT2D eigenvalue weighted by atomic mass is 16.5. The average Bonchev–Trinajstić information content (AvgIpc) is 2.41. The summed E-state index contributed by atoms with van der Waals surface area (Å²) in [4.78, 5) is 0. The molecule has 0 atom stereocenters. The summed E-state index contributed by atoms with van der Waals surface area (Å²) in [6.07, 6.45) is 0. The molecule has 2 N–H and O–H groups in total. The molecule has 0 aliphatic rings. The van der Waals surface area contributed by atoms with Crippen molar-refractivity contribution >= 4 is 5.69 Å². The molecular formula is C14H15NO3. The van der Waals surface area contributed by atoms with Crippen molar-refractivity contribution < 1.29 is 14.2 Å². The fraction of sp³-hybridized carbons (Fsp3) is 0.143. The van der Waals surface area contributed by atoms with E-state index in [1.165, 1.54) is 0 Å². The molecule has 4 heteroatoms. The van der Waals surface area contributed by atoms with Gasteiger partial charge in [0.15, 0.2) is 11.5 Å². The van der Waals surface area contributed by atoms with Crippen molar-refractivity contribution in [3.8, 4) is 23.0 Å². The Morgan fingerprint density at radius 2 is 1.39 bits per heavy atom. The molecule has 0 radical (unpaired) electrons. The first-order valence-corrected chi connectivity index (χ1v) is 5.49. The first-order valence-electron chi connectivity index (χ1n) is 5.49. The fourth-order valence-corrected chi connectivity index (χ4v) is 1.57. The lowest BCUT2D eigenvalue weighted by Crippen LogP contribution is -1.94. The molecule has 2 aromatic carbocycles. The standard InChI is InChI=1S/C14H15NO3/c1-16-12-4-3-5-13(17-2)14(12)18-11-8-6-10(15)7-9-11/h3-9H,15H2,1-2H3. The number of hydrogen-bond acceptors (Lipinski definition) is 4. The van der Waals surface area contributed by atoms with Crippen molar-refractivity contribution in [3.05, 3.63) is 42.5 Å². The number of para-hydroxylation sites is 1. The summed E-state index contributed by atoms with van der Waals surface area (Å²) in [5, 5.41) is 0. The molecule has 0 aromatic heterocycles. The Morgan fingerprint density at radius 1 is 0.833 bits per heavy atom. The maximum atomic E-state index is 5.77. The maximum absolute atomic E-state index is 5.77. The van der Waals surface area contributed by atoms with Gasteiger partial charge in [-0.15, -0.1) is 0 Å². The van der Waals surface area contributed by atoms with Gasteiger partial charge in [0.2, 0.25) is 5.75 Å². The highest BCUT2D eigenvalue weighted by molar-refractivity contribution is 5.53. The molecule has 94 valence electrons. The molecule has 0 unspecified atom stereocenters. The van der Waals surface area contributed by atoms with Crippen molar-refractivity contribution in [2.24, 2.45) is 0 Å². The van der Waals surface area contributed by atoms with E-state index in [0.717, 1.165) is 0 Å². The molecule has 0 heterocycles. The van der Waals surface area contributed by atoms with E-state index in [2.05, 4.69) is 0 Å². The van der Waals surface area contributed by atoms with E-state index in [1.807, 2.05) is 18.2 Å². The number of nitrogens with two attached hydrogens (primary N) is 1.